The van der Waals surface area contributed by atoms with Crippen LogP contribution in [0.2, 0.25) is 0 Å². The van der Waals surface area contributed by atoms with E-state index in [1.807, 2.05) is 0 Å². The number of methoxy groups -OCH3 is 1. The Morgan fingerprint density at radius 2 is 2.24 bits per heavy atom. The fourth-order valence-electron chi connectivity index (χ4n) is 3.90. The molecule has 0 amide bonds. The van der Waals surface area contributed by atoms with Crippen molar-refractivity contribution in [1.82, 2.24) is 0 Å². The summed E-state index contributed by atoms with van der Waals surface area (Å²) in [6.07, 6.45) is 8.04. The average Bonchev–Trinajstić information content (AvgIpc) is 2.35. The third kappa shape index (κ3) is 2.41. The predicted molar refractivity (Wildman–Crippen MR) is 67.6 cm³/mol. The highest BCUT2D eigenvalue weighted by Gasteiger charge is 2.47. The van der Waals surface area contributed by atoms with Crippen molar-refractivity contribution in [2.24, 2.45) is 23.5 Å². The summed E-state index contributed by atoms with van der Waals surface area (Å²) in [6, 6.07) is 0. The van der Waals surface area contributed by atoms with Crippen LogP contribution in [0.3, 0.4) is 0 Å². The smallest absolute Gasteiger partial charge is 0.123 e. The Bertz CT molecular complexity index is 281. The van der Waals surface area contributed by atoms with Crippen LogP contribution in [0.25, 0.3) is 0 Å². The molecule has 3 nitrogen and oxygen atoms in total. The van der Waals surface area contributed by atoms with Gasteiger partial charge in [-0.05, 0) is 44.4 Å². The molecule has 0 aliphatic heterocycles. The maximum absolute atomic E-state index is 11.3. The first-order valence-electron chi connectivity index (χ1n) is 6.87. The number of hydrogen-bond donors (Lipinski definition) is 1. The van der Waals surface area contributed by atoms with E-state index < -0.39 is 0 Å². The Balaban J connectivity index is 2.15. The van der Waals surface area contributed by atoms with E-state index in [1.54, 1.807) is 7.11 Å². The van der Waals surface area contributed by atoms with E-state index in [4.69, 9.17) is 10.5 Å². The standard InChI is InChI=1S/C14H25NO2/c1-10(17-2)13-8-14(15)6-4-3-5-12(14)7-11(13)9-16/h9-13H,3-8,15H2,1-2H3. The molecular formula is C14H25NO2. The highest BCUT2D eigenvalue weighted by atomic mass is 16.5. The van der Waals surface area contributed by atoms with Gasteiger partial charge in [-0.15, -0.1) is 0 Å². The van der Waals surface area contributed by atoms with Crippen molar-refractivity contribution in [2.45, 2.75) is 57.1 Å². The van der Waals surface area contributed by atoms with Gasteiger partial charge in [-0.25, -0.2) is 0 Å². The Morgan fingerprint density at radius 1 is 1.47 bits per heavy atom. The number of carbonyl (C=O) groups excluding carboxylic acids is 1. The maximum Gasteiger partial charge on any atom is 0.123 e. The SMILES string of the molecule is COC(C)C1CC2(N)CCCCC2CC1C=O. The highest BCUT2D eigenvalue weighted by Crippen LogP contribution is 2.47. The van der Waals surface area contributed by atoms with Gasteiger partial charge in [0.1, 0.15) is 6.29 Å². The average molecular weight is 239 g/mol. The molecule has 98 valence electrons. The quantitative estimate of drug-likeness (QED) is 0.768. The molecule has 2 N–H and O–H groups in total. The molecular weight excluding hydrogens is 214 g/mol. The number of aldehydes is 1. The minimum Gasteiger partial charge on any atom is -0.381 e. The van der Waals surface area contributed by atoms with Gasteiger partial charge in [0.15, 0.2) is 0 Å². The molecule has 0 aromatic rings. The fraction of sp³-hybridized carbons (Fsp3) is 0.929. The summed E-state index contributed by atoms with van der Waals surface area (Å²) in [6.45, 7) is 2.06. The van der Waals surface area contributed by atoms with Gasteiger partial charge in [0.05, 0.1) is 6.10 Å². The Hall–Kier alpha value is -0.410. The van der Waals surface area contributed by atoms with Crippen LogP contribution in [-0.2, 0) is 9.53 Å². The zero-order chi connectivity index (χ0) is 12.5. The van der Waals surface area contributed by atoms with Gasteiger partial charge >= 0.3 is 0 Å². The molecule has 2 aliphatic carbocycles. The molecule has 0 saturated heterocycles. The second-order valence-electron chi connectivity index (χ2n) is 6.02. The van der Waals surface area contributed by atoms with Crippen LogP contribution >= 0.6 is 0 Å². The second kappa shape index (κ2) is 5.07. The topological polar surface area (TPSA) is 52.3 Å². The third-order valence-electron chi connectivity index (χ3n) is 5.13. The summed E-state index contributed by atoms with van der Waals surface area (Å²) < 4.78 is 5.43. The summed E-state index contributed by atoms with van der Waals surface area (Å²) in [4.78, 5) is 11.3. The molecule has 0 aromatic heterocycles. The molecule has 3 heteroatoms. The lowest BCUT2D eigenvalue weighted by atomic mass is 9.58. The minimum absolute atomic E-state index is 0.0325. The molecule has 2 saturated carbocycles. The normalized spacial score (nSPS) is 43.8. The van der Waals surface area contributed by atoms with Crippen molar-refractivity contribution in [2.75, 3.05) is 7.11 Å². The minimum atomic E-state index is -0.0325. The van der Waals surface area contributed by atoms with E-state index >= 15 is 0 Å². The van der Waals surface area contributed by atoms with Crippen molar-refractivity contribution < 1.29 is 9.53 Å². The summed E-state index contributed by atoms with van der Waals surface area (Å²) >= 11 is 0. The Kier molecular flexibility index (Phi) is 3.88. The number of hydrogen-bond acceptors (Lipinski definition) is 3. The van der Waals surface area contributed by atoms with E-state index in [1.165, 1.54) is 19.3 Å². The molecule has 0 spiro atoms. The van der Waals surface area contributed by atoms with Crippen LogP contribution < -0.4 is 5.73 Å². The molecule has 0 bridgehead atoms. The van der Waals surface area contributed by atoms with E-state index in [-0.39, 0.29) is 17.6 Å². The first-order valence-corrected chi connectivity index (χ1v) is 6.87. The van der Waals surface area contributed by atoms with Crippen LogP contribution in [-0.4, -0.2) is 25.0 Å². The van der Waals surface area contributed by atoms with Gasteiger partial charge in [-0.3, -0.25) is 0 Å². The van der Waals surface area contributed by atoms with Gasteiger partial charge in [0.25, 0.3) is 0 Å². The van der Waals surface area contributed by atoms with Crippen molar-refractivity contribution in [1.29, 1.82) is 0 Å². The van der Waals surface area contributed by atoms with Crippen molar-refractivity contribution in [3.8, 4) is 0 Å². The lowest BCUT2D eigenvalue weighted by Crippen LogP contribution is -2.56. The van der Waals surface area contributed by atoms with Gasteiger partial charge < -0.3 is 15.3 Å². The monoisotopic (exact) mass is 239 g/mol. The molecule has 5 atom stereocenters. The highest BCUT2D eigenvalue weighted by molar-refractivity contribution is 5.54. The van der Waals surface area contributed by atoms with Crippen LogP contribution in [0.15, 0.2) is 0 Å². The molecule has 17 heavy (non-hydrogen) atoms. The Labute approximate surface area is 104 Å². The number of rotatable bonds is 3. The second-order valence-corrected chi connectivity index (χ2v) is 6.02. The molecule has 2 aliphatic rings. The molecule has 0 radical (unpaired) electrons. The fourth-order valence-corrected chi connectivity index (χ4v) is 3.90. The molecule has 5 unspecified atom stereocenters. The Morgan fingerprint density at radius 3 is 2.88 bits per heavy atom. The molecule has 0 heterocycles. The maximum atomic E-state index is 11.3. The zero-order valence-electron chi connectivity index (χ0n) is 11.0. The molecule has 0 aromatic carbocycles. The van der Waals surface area contributed by atoms with Gasteiger partial charge in [0.2, 0.25) is 0 Å². The van der Waals surface area contributed by atoms with Crippen LogP contribution in [0, 0.1) is 17.8 Å². The predicted octanol–water partition coefficient (Wildman–Crippen LogP) is 2.13. The van der Waals surface area contributed by atoms with Gasteiger partial charge in [-0.2, -0.15) is 0 Å². The lowest BCUT2D eigenvalue weighted by Gasteiger charge is -2.50. The largest absolute Gasteiger partial charge is 0.381 e. The number of nitrogens with two attached hydrogens (primary N) is 1. The van der Waals surface area contributed by atoms with E-state index in [0.717, 1.165) is 25.5 Å². The summed E-state index contributed by atoms with van der Waals surface area (Å²) in [5, 5.41) is 0. The van der Waals surface area contributed by atoms with Crippen LogP contribution in [0.4, 0.5) is 0 Å². The number of fused-ring (bicyclic) bond motifs is 1. The molecule has 2 rings (SSSR count). The van der Waals surface area contributed by atoms with E-state index in [9.17, 15) is 4.79 Å². The van der Waals surface area contributed by atoms with Crippen molar-refractivity contribution in [3.05, 3.63) is 0 Å². The number of ether oxygens (including phenoxy) is 1. The first kappa shape index (κ1) is 13.0. The van der Waals surface area contributed by atoms with Crippen molar-refractivity contribution in [3.63, 3.8) is 0 Å². The number of carbonyl (C=O) groups is 1. The van der Waals surface area contributed by atoms with Crippen LogP contribution in [0.5, 0.6) is 0 Å². The lowest BCUT2D eigenvalue weighted by molar-refractivity contribution is -0.119. The van der Waals surface area contributed by atoms with Crippen LogP contribution in [0.1, 0.15) is 45.4 Å². The third-order valence-corrected chi connectivity index (χ3v) is 5.13. The van der Waals surface area contributed by atoms with Gasteiger partial charge in [0, 0.05) is 18.6 Å². The summed E-state index contributed by atoms with van der Waals surface area (Å²) in [5.74, 6) is 0.994. The zero-order valence-corrected chi connectivity index (χ0v) is 11.0. The van der Waals surface area contributed by atoms with E-state index in [0.29, 0.717) is 11.8 Å². The van der Waals surface area contributed by atoms with Crippen molar-refractivity contribution >= 4 is 6.29 Å². The summed E-state index contributed by atoms with van der Waals surface area (Å²) in [7, 11) is 1.72. The first-order chi connectivity index (χ1) is 8.10. The molecule has 2 fully saturated rings. The van der Waals surface area contributed by atoms with E-state index in [2.05, 4.69) is 6.92 Å². The summed E-state index contributed by atoms with van der Waals surface area (Å²) in [5.41, 5.74) is 6.56. The van der Waals surface area contributed by atoms with Gasteiger partial charge in [-0.1, -0.05) is 12.8 Å².